The number of quaternary nitrogens is 1. The molecule has 54 valence electrons. The first-order valence-corrected chi connectivity index (χ1v) is 3.04. The molecule has 1 amide bonds. The van der Waals surface area contributed by atoms with Crippen molar-refractivity contribution in [2.45, 2.75) is 0 Å². The van der Waals surface area contributed by atoms with Crippen molar-refractivity contribution in [3.63, 3.8) is 0 Å². The first kappa shape index (κ1) is 8.43. The average molecular weight is 131 g/mol. The Morgan fingerprint density at radius 2 is 2.00 bits per heavy atom. The van der Waals surface area contributed by atoms with Gasteiger partial charge in [-0.15, -0.1) is 0 Å². The van der Waals surface area contributed by atoms with Crippen molar-refractivity contribution in [1.29, 1.82) is 0 Å². The van der Waals surface area contributed by atoms with E-state index in [-0.39, 0.29) is 0 Å². The molecule has 0 bridgehead atoms. The van der Waals surface area contributed by atoms with Gasteiger partial charge in [0.25, 0.3) is 0 Å². The van der Waals surface area contributed by atoms with Crippen molar-refractivity contribution in [3.05, 3.63) is 0 Å². The lowest BCUT2D eigenvalue weighted by molar-refractivity contribution is -0.869. The summed E-state index contributed by atoms with van der Waals surface area (Å²) in [4.78, 5) is 9.77. The number of hydrogen-bond acceptors (Lipinski definition) is 1. The molecule has 0 fully saturated rings. The van der Waals surface area contributed by atoms with Crippen LogP contribution in [-0.2, 0) is 4.79 Å². The van der Waals surface area contributed by atoms with E-state index in [4.69, 9.17) is 0 Å². The smallest absolute Gasteiger partial charge is 0.207 e. The van der Waals surface area contributed by atoms with Crippen LogP contribution >= 0.6 is 0 Å². The molecule has 0 atom stereocenters. The predicted molar refractivity (Wildman–Crippen MR) is 37.0 cm³/mol. The third-order valence-electron chi connectivity index (χ3n) is 1.01. The average Bonchev–Trinajstić information content (AvgIpc) is 1.63. The predicted octanol–water partition coefficient (Wildman–Crippen LogP) is -0.561. The van der Waals surface area contributed by atoms with Crippen LogP contribution in [0.15, 0.2) is 0 Å². The molecule has 0 aliphatic rings. The van der Waals surface area contributed by atoms with E-state index in [1.165, 1.54) is 0 Å². The third kappa shape index (κ3) is 7.43. The van der Waals surface area contributed by atoms with Gasteiger partial charge in [0.1, 0.15) is 0 Å². The highest BCUT2D eigenvalue weighted by Gasteiger charge is 2.03. The summed E-state index contributed by atoms with van der Waals surface area (Å²) < 4.78 is 0.890. The van der Waals surface area contributed by atoms with E-state index in [1.54, 1.807) is 0 Å². The van der Waals surface area contributed by atoms with Crippen LogP contribution in [0.5, 0.6) is 0 Å². The lowest BCUT2D eigenvalue weighted by Crippen LogP contribution is -2.40. The first-order chi connectivity index (χ1) is 4.06. The minimum atomic E-state index is 0.732. The molecule has 0 aromatic rings. The number of rotatable bonds is 4. The maximum absolute atomic E-state index is 9.77. The van der Waals surface area contributed by atoms with Crippen LogP contribution in [0.1, 0.15) is 0 Å². The maximum Gasteiger partial charge on any atom is 0.207 e. The van der Waals surface area contributed by atoms with Gasteiger partial charge >= 0.3 is 0 Å². The Hall–Kier alpha value is -0.570. The van der Waals surface area contributed by atoms with Crippen LogP contribution in [0.25, 0.3) is 0 Å². The minimum absolute atomic E-state index is 0.732. The maximum atomic E-state index is 9.77. The molecule has 0 unspecified atom stereocenters. The van der Waals surface area contributed by atoms with E-state index in [9.17, 15) is 4.79 Å². The molecule has 3 heteroatoms. The first-order valence-electron chi connectivity index (χ1n) is 3.04. The van der Waals surface area contributed by atoms with Crippen LogP contribution in [-0.4, -0.2) is 45.1 Å². The highest BCUT2D eigenvalue weighted by molar-refractivity contribution is 5.45. The summed E-state index contributed by atoms with van der Waals surface area (Å²) in [6, 6.07) is 0. The summed E-state index contributed by atoms with van der Waals surface area (Å²) in [5.41, 5.74) is 0. The second kappa shape index (κ2) is 3.45. The van der Waals surface area contributed by atoms with Crippen molar-refractivity contribution in [1.82, 2.24) is 5.32 Å². The fourth-order valence-electron chi connectivity index (χ4n) is 0.459. The molecule has 0 radical (unpaired) electrons. The van der Waals surface area contributed by atoms with Crippen molar-refractivity contribution in [3.8, 4) is 0 Å². The number of carbonyl (C=O) groups excluding carboxylic acids is 1. The Morgan fingerprint density at radius 1 is 1.44 bits per heavy atom. The Bertz CT molecular complexity index is 85.5. The molecule has 0 rings (SSSR count). The quantitative estimate of drug-likeness (QED) is 0.309. The Balaban J connectivity index is 3.17. The molecule has 0 aliphatic carbocycles. The van der Waals surface area contributed by atoms with E-state index < -0.39 is 0 Å². The van der Waals surface area contributed by atoms with Gasteiger partial charge in [-0.25, -0.2) is 0 Å². The molecule has 0 aromatic carbocycles. The fourth-order valence-corrected chi connectivity index (χ4v) is 0.459. The van der Waals surface area contributed by atoms with Crippen LogP contribution in [0.3, 0.4) is 0 Å². The molecule has 0 aromatic heterocycles. The largest absolute Gasteiger partial charge is 0.353 e. The van der Waals surface area contributed by atoms with Crippen molar-refractivity contribution in [2.24, 2.45) is 0 Å². The lowest BCUT2D eigenvalue weighted by Gasteiger charge is -2.23. The second-order valence-corrected chi connectivity index (χ2v) is 3.09. The molecule has 0 aliphatic heterocycles. The van der Waals surface area contributed by atoms with E-state index >= 15 is 0 Å². The molecule has 1 N–H and O–H groups in total. The Labute approximate surface area is 56.2 Å². The number of hydrogen-bond donors (Lipinski definition) is 1. The molecular formula is C6H15N2O+. The van der Waals surface area contributed by atoms with E-state index in [2.05, 4.69) is 26.5 Å². The summed E-state index contributed by atoms with van der Waals surface area (Å²) in [7, 11) is 6.27. The monoisotopic (exact) mass is 131 g/mol. The van der Waals surface area contributed by atoms with Gasteiger partial charge in [0.05, 0.1) is 34.2 Å². The number of carbonyl (C=O) groups is 1. The molecule has 3 nitrogen and oxygen atoms in total. The summed E-state index contributed by atoms with van der Waals surface area (Å²) in [6.45, 7) is 1.73. The second-order valence-electron chi connectivity index (χ2n) is 3.09. The SMILES string of the molecule is C[N+](C)(C)CCNC=O. The zero-order valence-electron chi connectivity index (χ0n) is 6.35. The van der Waals surface area contributed by atoms with Gasteiger partial charge in [-0.05, 0) is 0 Å². The molecule has 0 spiro atoms. The van der Waals surface area contributed by atoms with E-state index in [0.717, 1.165) is 24.0 Å². The van der Waals surface area contributed by atoms with Gasteiger partial charge in [0.15, 0.2) is 0 Å². The van der Waals surface area contributed by atoms with Gasteiger partial charge < -0.3 is 9.80 Å². The van der Waals surface area contributed by atoms with Gasteiger partial charge in [0, 0.05) is 0 Å². The number of nitrogens with zero attached hydrogens (tertiary/aromatic N) is 1. The normalized spacial score (nSPS) is 11.0. The van der Waals surface area contributed by atoms with Crippen molar-refractivity contribution in [2.75, 3.05) is 34.2 Å². The molecule has 9 heavy (non-hydrogen) atoms. The molecular weight excluding hydrogens is 116 g/mol. The highest BCUT2D eigenvalue weighted by atomic mass is 16.1. The topological polar surface area (TPSA) is 29.1 Å². The molecule has 0 heterocycles. The van der Waals surface area contributed by atoms with E-state index in [0.29, 0.717) is 0 Å². The van der Waals surface area contributed by atoms with Gasteiger partial charge in [0.2, 0.25) is 6.41 Å². The Kier molecular flexibility index (Phi) is 3.24. The van der Waals surface area contributed by atoms with Crippen LogP contribution in [0.4, 0.5) is 0 Å². The molecule has 0 saturated heterocycles. The van der Waals surface area contributed by atoms with E-state index in [1.807, 2.05) is 0 Å². The lowest BCUT2D eigenvalue weighted by atomic mass is 10.5. The van der Waals surface area contributed by atoms with Crippen molar-refractivity contribution >= 4 is 6.41 Å². The van der Waals surface area contributed by atoms with Crippen molar-refractivity contribution < 1.29 is 9.28 Å². The molecule has 0 saturated carbocycles. The van der Waals surface area contributed by atoms with Gasteiger partial charge in [-0.3, -0.25) is 4.79 Å². The zero-order chi connectivity index (χ0) is 7.33. The standard InChI is InChI=1S/C6H14N2O/c1-8(2,3)5-4-7-6-9/h6H,4-5H2,1-3H3/p+1. The van der Waals surface area contributed by atoms with Gasteiger partial charge in [-0.1, -0.05) is 0 Å². The summed E-state index contributed by atoms with van der Waals surface area (Å²) in [5.74, 6) is 0. The minimum Gasteiger partial charge on any atom is -0.353 e. The third-order valence-corrected chi connectivity index (χ3v) is 1.01. The van der Waals surface area contributed by atoms with Crippen LogP contribution in [0, 0.1) is 0 Å². The van der Waals surface area contributed by atoms with Crippen LogP contribution < -0.4 is 5.32 Å². The Morgan fingerprint density at radius 3 is 2.33 bits per heavy atom. The van der Waals surface area contributed by atoms with Gasteiger partial charge in [-0.2, -0.15) is 0 Å². The summed E-state index contributed by atoms with van der Waals surface area (Å²) in [6.07, 6.45) is 0.732. The number of amides is 1. The zero-order valence-corrected chi connectivity index (χ0v) is 6.35. The summed E-state index contributed by atoms with van der Waals surface area (Å²) >= 11 is 0. The number of likely N-dealkylation sites (N-methyl/N-ethyl adjacent to an activating group) is 1. The number of nitrogens with one attached hydrogen (secondary N) is 1. The highest BCUT2D eigenvalue weighted by Crippen LogP contribution is 1.85. The van der Waals surface area contributed by atoms with Crippen LogP contribution in [0.2, 0.25) is 0 Å². The summed E-state index contributed by atoms with van der Waals surface area (Å²) in [5, 5.41) is 2.61. The fraction of sp³-hybridized carbons (Fsp3) is 0.833.